The van der Waals surface area contributed by atoms with Gasteiger partial charge in [0.05, 0.1) is 0 Å². The molecule has 1 aromatic rings. The highest BCUT2D eigenvalue weighted by molar-refractivity contribution is 5.82. The molecule has 1 aliphatic rings. The topological polar surface area (TPSA) is 63.3 Å². The molecule has 3 heteroatoms. The van der Waals surface area contributed by atoms with Crippen LogP contribution in [0.25, 0.3) is 0 Å². The Morgan fingerprint density at radius 2 is 2.29 bits per heavy atom. The molecule has 0 aliphatic heterocycles. The number of benzene rings is 1. The summed E-state index contributed by atoms with van der Waals surface area (Å²) in [5, 5.41) is 9.09. The van der Waals surface area contributed by atoms with Gasteiger partial charge in [-0.2, -0.15) is 0 Å². The Labute approximate surface area is 82.5 Å². The highest BCUT2D eigenvalue weighted by Crippen LogP contribution is 2.35. The van der Waals surface area contributed by atoms with Crippen LogP contribution in [0.2, 0.25) is 0 Å². The van der Waals surface area contributed by atoms with Gasteiger partial charge in [-0.1, -0.05) is 23.8 Å². The first-order valence-electron chi connectivity index (χ1n) is 4.66. The first kappa shape index (κ1) is 9.21. The molecule has 0 fully saturated rings. The minimum Gasteiger partial charge on any atom is -0.480 e. The van der Waals surface area contributed by atoms with Crippen LogP contribution in [0.4, 0.5) is 0 Å². The summed E-state index contributed by atoms with van der Waals surface area (Å²) in [5.74, 6) is -0.929. The van der Waals surface area contributed by atoms with E-state index in [0.717, 1.165) is 23.1 Å². The molecule has 3 N–H and O–H groups in total. The number of aliphatic carboxylic acids is 1. The predicted molar refractivity (Wildman–Crippen MR) is 53.0 cm³/mol. The Balaban J connectivity index is 2.58. The van der Waals surface area contributed by atoms with Crippen molar-refractivity contribution >= 4 is 5.97 Å². The maximum absolute atomic E-state index is 11.1. The van der Waals surface area contributed by atoms with Crippen LogP contribution in [0.5, 0.6) is 0 Å². The maximum Gasteiger partial charge on any atom is 0.328 e. The molecule has 0 saturated heterocycles. The van der Waals surface area contributed by atoms with Gasteiger partial charge in [-0.3, -0.25) is 0 Å². The molecule has 2 rings (SSSR count). The number of rotatable bonds is 1. The summed E-state index contributed by atoms with van der Waals surface area (Å²) in [6.07, 6.45) is 1.26. The van der Waals surface area contributed by atoms with Gasteiger partial charge < -0.3 is 10.8 Å². The number of fused-ring (bicyclic) bond motifs is 1. The van der Waals surface area contributed by atoms with Crippen LogP contribution in [0.1, 0.15) is 23.1 Å². The summed E-state index contributed by atoms with van der Waals surface area (Å²) in [5.41, 5.74) is 7.63. The summed E-state index contributed by atoms with van der Waals surface area (Å²) in [6, 6.07) is 5.85. The predicted octanol–water partition coefficient (Wildman–Crippen LogP) is 1.18. The van der Waals surface area contributed by atoms with Crippen molar-refractivity contribution in [2.24, 2.45) is 5.73 Å². The minimum absolute atomic E-state index is 0.501. The average molecular weight is 191 g/mol. The number of nitrogens with two attached hydrogens (primary N) is 1. The zero-order valence-electron chi connectivity index (χ0n) is 8.08. The molecular weight excluding hydrogens is 178 g/mol. The van der Waals surface area contributed by atoms with Crippen LogP contribution < -0.4 is 5.73 Å². The highest BCUT2D eigenvalue weighted by Gasteiger charge is 2.41. The lowest BCUT2D eigenvalue weighted by atomic mass is 9.92. The minimum atomic E-state index is -1.17. The Bertz CT molecular complexity index is 400. The molecule has 0 bridgehead atoms. The van der Waals surface area contributed by atoms with Crippen LogP contribution >= 0.6 is 0 Å². The molecule has 0 aromatic heterocycles. The summed E-state index contributed by atoms with van der Waals surface area (Å²) in [6.45, 7) is 1.95. The van der Waals surface area contributed by atoms with Crippen molar-refractivity contribution in [2.75, 3.05) is 0 Å². The molecule has 1 unspecified atom stereocenters. The molecule has 0 spiro atoms. The lowest BCUT2D eigenvalue weighted by Crippen LogP contribution is -2.42. The molecule has 0 amide bonds. The van der Waals surface area contributed by atoms with Crippen LogP contribution in [-0.4, -0.2) is 11.1 Å². The highest BCUT2D eigenvalue weighted by atomic mass is 16.4. The second-order valence-corrected chi connectivity index (χ2v) is 3.94. The second kappa shape index (κ2) is 2.82. The maximum atomic E-state index is 11.1. The molecule has 0 heterocycles. The number of hydrogen-bond acceptors (Lipinski definition) is 2. The zero-order chi connectivity index (χ0) is 10.3. The van der Waals surface area contributed by atoms with Crippen LogP contribution in [-0.2, 0) is 16.8 Å². The Kier molecular flexibility index (Phi) is 1.86. The van der Waals surface area contributed by atoms with Gasteiger partial charge in [-0.05, 0) is 30.9 Å². The Morgan fingerprint density at radius 1 is 1.57 bits per heavy atom. The first-order valence-corrected chi connectivity index (χ1v) is 4.66. The second-order valence-electron chi connectivity index (χ2n) is 3.94. The van der Waals surface area contributed by atoms with E-state index >= 15 is 0 Å². The van der Waals surface area contributed by atoms with Gasteiger partial charge >= 0.3 is 5.97 Å². The van der Waals surface area contributed by atoms with E-state index in [9.17, 15) is 4.79 Å². The zero-order valence-corrected chi connectivity index (χ0v) is 8.08. The van der Waals surface area contributed by atoms with Gasteiger partial charge in [0.2, 0.25) is 0 Å². The van der Waals surface area contributed by atoms with E-state index < -0.39 is 11.5 Å². The third-order valence-electron chi connectivity index (χ3n) is 2.92. The molecule has 1 aromatic carbocycles. The molecule has 1 atom stereocenters. The molecule has 74 valence electrons. The number of aryl methyl sites for hydroxylation is 2. The van der Waals surface area contributed by atoms with Crippen LogP contribution in [0.3, 0.4) is 0 Å². The molecule has 3 nitrogen and oxygen atoms in total. The van der Waals surface area contributed by atoms with E-state index in [1.54, 1.807) is 0 Å². The molecular formula is C11H13NO2. The average Bonchev–Trinajstić information content (AvgIpc) is 2.46. The van der Waals surface area contributed by atoms with Gasteiger partial charge in [0.15, 0.2) is 0 Å². The van der Waals surface area contributed by atoms with Gasteiger partial charge in [0.25, 0.3) is 0 Å². The van der Waals surface area contributed by atoms with E-state index in [2.05, 4.69) is 0 Å². The van der Waals surface area contributed by atoms with E-state index in [1.165, 1.54) is 0 Å². The Hall–Kier alpha value is -1.35. The van der Waals surface area contributed by atoms with Gasteiger partial charge in [0.1, 0.15) is 5.54 Å². The first-order chi connectivity index (χ1) is 6.54. The summed E-state index contributed by atoms with van der Waals surface area (Å²) >= 11 is 0. The van der Waals surface area contributed by atoms with Gasteiger partial charge in [-0.15, -0.1) is 0 Å². The van der Waals surface area contributed by atoms with Crippen LogP contribution in [0, 0.1) is 6.92 Å². The summed E-state index contributed by atoms with van der Waals surface area (Å²) < 4.78 is 0. The Morgan fingerprint density at radius 3 is 2.93 bits per heavy atom. The lowest BCUT2D eigenvalue weighted by Gasteiger charge is -2.19. The van der Waals surface area contributed by atoms with E-state index in [-0.39, 0.29) is 0 Å². The molecule has 0 saturated carbocycles. The summed E-state index contributed by atoms with van der Waals surface area (Å²) in [7, 11) is 0. The van der Waals surface area contributed by atoms with Crippen molar-refractivity contribution < 1.29 is 9.90 Å². The third kappa shape index (κ3) is 1.13. The van der Waals surface area contributed by atoms with E-state index in [1.807, 2.05) is 25.1 Å². The van der Waals surface area contributed by atoms with Crippen molar-refractivity contribution in [1.82, 2.24) is 0 Å². The third-order valence-corrected chi connectivity index (χ3v) is 2.92. The van der Waals surface area contributed by atoms with Crippen molar-refractivity contribution in [3.8, 4) is 0 Å². The summed E-state index contributed by atoms with van der Waals surface area (Å²) in [4.78, 5) is 11.1. The number of hydrogen-bond donors (Lipinski definition) is 2. The van der Waals surface area contributed by atoms with Gasteiger partial charge in [0, 0.05) is 0 Å². The fourth-order valence-electron chi connectivity index (χ4n) is 2.01. The monoisotopic (exact) mass is 191 g/mol. The quantitative estimate of drug-likeness (QED) is 0.700. The standard InChI is InChI=1S/C11H13NO2/c1-7-2-3-8-4-5-11(12,10(13)14)9(8)6-7/h2-3,6H,4-5,12H2,1H3,(H,13,14). The van der Waals surface area contributed by atoms with Crippen molar-refractivity contribution in [3.05, 3.63) is 34.9 Å². The number of carboxylic acid groups (broad SMARTS) is 1. The molecule has 0 radical (unpaired) electrons. The molecule has 14 heavy (non-hydrogen) atoms. The van der Waals surface area contributed by atoms with Crippen molar-refractivity contribution in [1.29, 1.82) is 0 Å². The number of carboxylic acids is 1. The fourth-order valence-corrected chi connectivity index (χ4v) is 2.01. The van der Waals surface area contributed by atoms with Gasteiger partial charge in [-0.25, -0.2) is 4.79 Å². The fraction of sp³-hybridized carbons (Fsp3) is 0.364. The van der Waals surface area contributed by atoms with Crippen molar-refractivity contribution in [2.45, 2.75) is 25.3 Å². The smallest absolute Gasteiger partial charge is 0.328 e. The van der Waals surface area contributed by atoms with E-state index in [0.29, 0.717) is 6.42 Å². The van der Waals surface area contributed by atoms with E-state index in [4.69, 9.17) is 10.8 Å². The number of carbonyl (C=O) groups is 1. The normalized spacial score (nSPS) is 24.7. The molecule has 1 aliphatic carbocycles. The lowest BCUT2D eigenvalue weighted by molar-refractivity contribution is -0.143. The van der Waals surface area contributed by atoms with Crippen LogP contribution in [0.15, 0.2) is 18.2 Å². The largest absolute Gasteiger partial charge is 0.480 e. The van der Waals surface area contributed by atoms with Crippen molar-refractivity contribution in [3.63, 3.8) is 0 Å². The SMILES string of the molecule is Cc1ccc2c(c1)C(N)(C(=O)O)CC2.